The number of fused-ring (bicyclic) bond motifs is 1. The lowest BCUT2D eigenvalue weighted by Crippen LogP contribution is -2.49. The van der Waals surface area contributed by atoms with Crippen LogP contribution in [0.5, 0.6) is 0 Å². The average Bonchev–Trinajstić information content (AvgIpc) is 3.29. The molecule has 8 nitrogen and oxygen atoms in total. The standard InChI is InChI=1S/C18H28N6O2S/c1-3-12-27(25,26)24-10-8-22(9-11-24)17-15-13-14(2)19-16(15)20-18(21-17)23-6-4-5-7-23/h13H,3-12H2,1-2H3,(H,19,20,21). The molecule has 2 aliphatic heterocycles. The van der Waals surface area contributed by atoms with E-state index in [1.165, 1.54) is 12.8 Å². The van der Waals surface area contributed by atoms with Crippen LogP contribution in [0.3, 0.4) is 0 Å². The van der Waals surface area contributed by atoms with Crippen LogP contribution in [-0.2, 0) is 10.0 Å². The molecule has 4 heterocycles. The summed E-state index contributed by atoms with van der Waals surface area (Å²) in [5.41, 5.74) is 1.92. The zero-order valence-corrected chi connectivity index (χ0v) is 16.9. The SMILES string of the molecule is CCCS(=O)(=O)N1CCN(c2nc(N3CCCC3)nc3[nH]c(C)cc23)CC1. The molecule has 2 aromatic rings. The van der Waals surface area contributed by atoms with Gasteiger partial charge in [-0.15, -0.1) is 0 Å². The van der Waals surface area contributed by atoms with Gasteiger partial charge in [0.05, 0.1) is 11.1 Å². The summed E-state index contributed by atoms with van der Waals surface area (Å²) in [5.74, 6) is 1.91. The topological polar surface area (TPSA) is 85.4 Å². The van der Waals surface area contributed by atoms with Crippen LogP contribution in [0.4, 0.5) is 11.8 Å². The minimum Gasteiger partial charge on any atom is -0.353 e. The van der Waals surface area contributed by atoms with Gasteiger partial charge in [-0.25, -0.2) is 8.42 Å². The highest BCUT2D eigenvalue weighted by molar-refractivity contribution is 7.89. The van der Waals surface area contributed by atoms with Gasteiger partial charge < -0.3 is 14.8 Å². The number of aryl methyl sites for hydroxylation is 1. The number of nitrogens with one attached hydrogen (secondary N) is 1. The van der Waals surface area contributed by atoms with Gasteiger partial charge in [0.25, 0.3) is 0 Å². The van der Waals surface area contributed by atoms with Crippen molar-refractivity contribution in [3.05, 3.63) is 11.8 Å². The van der Waals surface area contributed by atoms with Crippen LogP contribution in [0.1, 0.15) is 31.9 Å². The fourth-order valence-corrected chi connectivity index (χ4v) is 5.47. The van der Waals surface area contributed by atoms with Gasteiger partial charge in [-0.3, -0.25) is 0 Å². The molecule has 0 radical (unpaired) electrons. The molecule has 0 bridgehead atoms. The quantitative estimate of drug-likeness (QED) is 0.834. The molecule has 0 unspecified atom stereocenters. The molecule has 1 N–H and O–H groups in total. The Morgan fingerprint density at radius 2 is 1.74 bits per heavy atom. The fraction of sp³-hybridized carbons (Fsp3) is 0.667. The molecule has 148 valence electrons. The van der Waals surface area contributed by atoms with E-state index in [9.17, 15) is 8.42 Å². The van der Waals surface area contributed by atoms with Crippen LogP contribution in [0, 0.1) is 6.92 Å². The molecule has 2 aromatic heterocycles. The lowest BCUT2D eigenvalue weighted by atomic mass is 10.3. The maximum absolute atomic E-state index is 12.3. The van der Waals surface area contributed by atoms with Gasteiger partial charge in [0.15, 0.2) is 0 Å². The Morgan fingerprint density at radius 3 is 2.41 bits per heavy atom. The van der Waals surface area contributed by atoms with Gasteiger partial charge in [-0.05, 0) is 32.3 Å². The maximum atomic E-state index is 12.3. The Hall–Kier alpha value is -1.87. The number of piperazine rings is 1. The average molecular weight is 393 g/mol. The Bertz CT molecular complexity index is 911. The molecule has 27 heavy (non-hydrogen) atoms. The molecule has 0 atom stereocenters. The highest BCUT2D eigenvalue weighted by atomic mass is 32.2. The molecular weight excluding hydrogens is 364 g/mol. The van der Waals surface area contributed by atoms with Crippen molar-refractivity contribution in [1.82, 2.24) is 19.3 Å². The van der Waals surface area contributed by atoms with Gasteiger partial charge in [-0.1, -0.05) is 6.92 Å². The molecule has 2 fully saturated rings. The van der Waals surface area contributed by atoms with Crippen molar-refractivity contribution in [3.8, 4) is 0 Å². The number of aromatic nitrogens is 3. The second-order valence-electron chi connectivity index (χ2n) is 7.46. The van der Waals surface area contributed by atoms with Gasteiger partial charge in [0, 0.05) is 45.0 Å². The highest BCUT2D eigenvalue weighted by Crippen LogP contribution is 2.29. The molecule has 9 heteroatoms. The van der Waals surface area contributed by atoms with Crippen LogP contribution in [-0.4, -0.2) is 72.7 Å². The zero-order chi connectivity index (χ0) is 19.0. The van der Waals surface area contributed by atoms with Crippen LogP contribution in [0.2, 0.25) is 0 Å². The molecule has 0 aromatic carbocycles. The number of aromatic amines is 1. The maximum Gasteiger partial charge on any atom is 0.229 e. The number of hydrogen-bond donors (Lipinski definition) is 1. The summed E-state index contributed by atoms with van der Waals surface area (Å²) in [7, 11) is -3.14. The molecule has 2 saturated heterocycles. The van der Waals surface area contributed by atoms with Crippen molar-refractivity contribution in [2.45, 2.75) is 33.1 Å². The minimum atomic E-state index is -3.14. The van der Waals surface area contributed by atoms with E-state index >= 15 is 0 Å². The van der Waals surface area contributed by atoms with Gasteiger partial charge in [0.2, 0.25) is 16.0 Å². The number of nitrogens with zero attached hydrogens (tertiary/aromatic N) is 5. The second kappa shape index (κ2) is 7.27. The van der Waals surface area contributed by atoms with Crippen molar-refractivity contribution in [2.75, 3.05) is 54.8 Å². The zero-order valence-electron chi connectivity index (χ0n) is 16.1. The largest absolute Gasteiger partial charge is 0.353 e. The number of H-pyrrole nitrogens is 1. The number of hydrogen-bond acceptors (Lipinski definition) is 6. The normalized spacial score (nSPS) is 19.3. The Balaban J connectivity index is 1.61. The van der Waals surface area contributed by atoms with E-state index < -0.39 is 10.0 Å². The molecule has 2 aliphatic rings. The third-order valence-electron chi connectivity index (χ3n) is 5.37. The van der Waals surface area contributed by atoms with Gasteiger partial charge >= 0.3 is 0 Å². The summed E-state index contributed by atoms with van der Waals surface area (Å²) in [4.78, 5) is 17.4. The Labute approximate surface area is 160 Å². The van der Waals surface area contributed by atoms with E-state index in [1.807, 2.05) is 13.8 Å². The molecule has 0 spiro atoms. The first-order valence-electron chi connectivity index (χ1n) is 9.83. The molecule has 0 aliphatic carbocycles. The summed E-state index contributed by atoms with van der Waals surface area (Å²) in [6.07, 6.45) is 3.00. The second-order valence-corrected chi connectivity index (χ2v) is 9.55. The van der Waals surface area contributed by atoms with Crippen molar-refractivity contribution in [1.29, 1.82) is 0 Å². The predicted octanol–water partition coefficient (Wildman–Crippen LogP) is 1.73. The van der Waals surface area contributed by atoms with Gasteiger partial charge in [0.1, 0.15) is 11.5 Å². The highest BCUT2D eigenvalue weighted by Gasteiger charge is 2.28. The summed E-state index contributed by atoms with van der Waals surface area (Å²) in [6.45, 7) is 8.24. The number of rotatable bonds is 5. The first-order chi connectivity index (χ1) is 13.0. The fourth-order valence-electron chi connectivity index (χ4n) is 3.98. The van der Waals surface area contributed by atoms with E-state index in [1.54, 1.807) is 4.31 Å². The first-order valence-corrected chi connectivity index (χ1v) is 11.4. The van der Waals surface area contributed by atoms with Crippen LogP contribution < -0.4 is 9.80 Å². The summed E-state index contributed by atoms with van der Waals surface area (Å²) < 4.78 is 26.3. The molecule has 0 saturated carbocycles. The van der Waals surface area contributed by atoms with Crippen LogP contribution in [0.25, 0.3) is 11.0 Å². The van der Waals surface area contributed by atoms with Crippen molar-refractivity contribution >= 4 is 32.8 Å². The minimum absolute atomic E-state index is 0.223. The van der Waals surface area contributed by atoms with Crippen LogP contribution >= 0.6 is 0 Å². The smallest absolute Gasteiger partial charge is 0.229 e. The first kappa shape index (κ1) is 18.5. The predicted molar refractivity (Wildman–Crippen MR) is 108 cm³/mol. The molecule has 0 amide bonds. The number of sulfonamides is 1. The summed E-state index contributed by atoms with van der Waals surface area (Å²) >= 11 is 0. The van der Waals surface area contributed by atoms with Crippen LogP contribution in [0.15, 0.2) is 6.07 Å². The van der Waals surface area contributed by atoms with E-state index in [0.29, 0.717) is 32.6 Å². The van der Waals surface area contributed by atoms with Crippen molar-refractivity contribution < 1.29 is 8.42 Å². The van der Waals surface area contributed by atoms with E-state index in [0.717, 1.165) is 41.6 Å². The Kier molecular flexibility index (Phi) is 4.98. The van der Waals surface area contributed by atoms with Gasteiger partial charge in [-0.2, -0.15) is 14.3 Å². The lowest BCUT2D eigenvalue weighted by Gasteiger charge is -2.35. The summed E-state index contributed by atoms with van der Waals surface area (Å²) in [5, 5.41) is 1.01. The Morgan fingerprint density at radius 1 is 1.04 bits per heavy atom. The molecule has 4 rings (SSSR count). The van der Waals surface area contributed by atoms with E-state index in [4.69, 9.17) is 9.97 Å². The summed E-state index contributed by atoms with van der Waals surface area (Å²) in [6, 6.07) is 2.08. The third-order valence-corrected chi connectivity index (χ3v) is 7.45. The van der Waals surface area contributed by atoms with E-state index in [2.05, 4.69) is 20.9 Å². The van der Waals surface area contributed by atoms with E-state index in [-0.39, 0.29) is 5.75 Å². The van der Waals surface area contributed by atoms with Crippen molar-refractivity contribution in [2.24, 2.45) is 0 Å². The molecular formula is C18H28N6O2S. The van der Waals surface area contributed by atoms with Crippen molar-refractivity contribution in [3.63, 3.8) is 0 Å². The number of anilines is 2. The monoisotopic (exact) mass is 392 g/mol. The third kappa shape index (κ3) is 3.62. The lowest BCUT2D eigenvalue weighted by molar-refractivity contribution is 0.384.